The first-order chi connectivity index (χ1) is 10.2. The van der Waals surface area contributed by atoms with Gasteiger partial charge in [-0.1, -0.05) is 39.0 Å². The molecule has 0 fully saturated rings. The molecule has 0 radical (unpaired) electrons. The Kier molecular flexibility index (Phi) is 4.29. The highest BCUT2D eigenvalue weighted by Gasteiger charge is 2.39. The molecule has 0 bridgehead atoms. The average molecular weight is 317 g/mol. The molecule has 1 aromatic carbocycles. The first-order valence-corrected chi connectivity index (χ1v) is 10.2. The maximum Gasteiger partial charge on any atom is 0.356 e. The fraction of sp³-hybridized carbons (Fsp3) is 0.412. The molecule has 5 heteroatoms. The molecule has 0 saturated carbocycles. The van der Waals surface area contributed by atoms with Crippen molar-refractivity contribution in [3.05, 3.63) is 36.0 Å². The van der Waals surface area contributed by atoms with Crippen LogP contribution < -0.4 is 4.43 Å². The number of ether oxygens (including phenoxy) is 1. The molecule has 4 nitrogen and oxygen atoms in total. The van der Waals surface area contributed by atoms with Crippen molar-refractivity contribution in [2.75, 3.05) is 7.11 Å². The SMILES string of the molecule is COC(=O)c1ccc2cccc(O[Si](C)(C)C(C)(C)C)c2n1. The monoisotopic (exact) mass is 317 g/mol. The van der Waals surface area contributed by atoms with Crippen LogP contribution in [0.3, 0.4) is 0 Å². The molecule has 1 heterocycles. The molecule has 0 saturated heterocycles. The first kappa shape index (κ1) is 16.5. The Hall–Kier alpha value is -1.88. The summed E-state index contributed by atoms with van der Waals surface area (Å²) in [6.45, 7) is 11.0. The van der Waals surface area contributed by atoms with E-state index in [0.29, 0.717) is 11.2 Å². The Balaban J connectivity index is 2.52. The molecular weight excluding hydrogens is 294 g/mol. The number of esters is 1. The van der Waals surface area contributed by atoms with Crippen molar-refractivity contribution in [1.29, 1.82) is 0 Å². The van der Waals surface area contributed by atoms with Gasteiger partial charge in [-0.05, 0) is 30.3 Å². The van der Waals surface area contributed by atoms with Crippen LogP contribution in [0.2, 0.25) is 18.1 Å². The van der Waals surface area contributed by atoms with Crippen LogP contribution in [0.1, 0.15) is 31.3 Å². The van der Waals surface area contributed by atoms with Gasteiger partial charge in [0.05, 0.1) is 7.11 Å². The summed E-state index contributed by atoms with van der Waals surface area (Å²) in [7, 11) is -0.619. The number of fused-ring (bicyclic) bond motifs is 1. The lowest BCUT2D eigenvalue weighted by Gasteiger charge is -2.36. The summed E-state index contributed by atoms with van der Waals surface area (Å²) >= 11 is 0. The van der Waals surface area contributed by atoms with Gasteiger partial charge in [0.25, 0.3) is 8.32 Å². The molecule has 0 spiro atoms. The molecule has 0 atom stereocenters. The molecular formula is C17H23NO3Si. The van der Waals surface area contributed by atoms with Crippen molar-refractivity contribution in [1.82, 2.24) is 4.98 Å². The molecule has 0 aliphatic rings. The third kappa shape index (κ3) is 3.14. The second kappa shape index (κ2) is 5.72. The summed E-state index contributed by atoms with van der Waals surface area (Å²) in [4.78, 5) is 16.1. The van der Waals surface area contributed by atoms with Gasteiger partial charge in [-0.25, -0.2) is 9.78 Å². The maximum absolute atomic E-state index is 11.7. The van der Waals surface area contributed by atoms with E-state index in [-0.39, 0.29) is 5.04 Å². The molecule has 0 amide bonds. The van der Waals surface area contributed by atoms with Crippen LogP contribution in [0.25, 0.3) is 10.9 Å². The van der Waals surface area contributed by atoms with Crippen LogP contribution in [0.15, 0.2) is 30.3 Å². The second-order valence-electron chi connectivity index (χ2n) is 6.88. The highest BCUT2D eigenvalue weighted by Crippen LogP contribution is 2.38. The fourth-order valence-electron chi connectivity index (χ4n) is 1.85. The van der Waals surface area contributed by atoms with E-state index >= 15 is 0 Å². The minimum Gasteiger partial charge on any atom is -0.542 e. The molecule has 0 aliphatic heterocycles. The second-order valence-corrected chi connectivity index (χ2v) is 11.6. The van der Waals surface area contributed by atoms with E-state index in [9.17, 15) is 4.79 Å². The Morgan fingerprint density at radius 1 is 1.14 bits per heavy atom. The van der Waals surface area contributed by atoms with Crippen LogP contribution >= 0.6 is 0 Å². The van der Waals surface area contributed by atoms with E-state index in [1.54, 1.807) is 6.07 Å². The summed E-state index contributed by atoms with van der Waals surface area (Å²) in [6.07, 6.45) is 0. The Labute approximate surface area is 132 Å². The van der Waals surface area contributed by atoms with Gasteiger partial charge in [0.1, 0.15) is 17.0 Å². The maximum atomic E-state index is 11.7. The summed E-state index contributed by atoms with van der Waals surface area (Å²) in [5, 5.41) is 1.04. The van der Waals surface area contributed by atoms with Crippen molar-refractivity contribution in [3.63, 3.8) is 0 Å². The highest BCUT2D eigenvalue weighted by molar-refractivity contribution is 6.74. The third-order valence-electron chi connectivity index (χ3n) is 4.25. The van der Waals surface area contributed by atoms with Crippen LogP contribution in [0.5, 0.6) is 5.75 Å². The molecule has 118 valence electrons. The van der Waals surface area contributed by atoms with Gasteiger partial charge in [0, 0.05) is 5.39 Å². The van der Waals surface area contributed by atoms with Crippen molar-refractivity contribution in [2.24, 2.45) is 0 Å². The van der Waals surface area contributed by atoms with E-state index in [2.05, 4.69) is 38.8 Å². The first-order valence-electron chi connectivity index (χ1n) is 7.33. The predicted molar refractivity (Wildman–Crippen MR) is 90.9 cm³/mol. The Bertz CT molecular complexity index is 705. The smallest absolute Gasteiger partial charge is 0.356 e. The number of benzene rings is 1. The van der Waals surface area contributed by atoms with E-state index < -0.39 is 14.3 Å². The molecule has 0 N–H and O–H groups in total. The van der Waals surface area contributed by atoms with Crippen molar-refractivity contribution >= 4 is 25.2 Å². The topological polar surface area (TPSA) is 48.4 Å². The lowest BCUT2D eigenvalue weighted by molar-refractivity contribution is 0.0594. The number of hydrogen-bond acceptors (Lipinski definition) is 4. The zero-order valence-electron chi connectivity index (χ0n) is 14.1. The minimum absolute atomic E-state index is 0.0924. The number of hydrogen-bond donors (Lipinski definition) is 0. The fourth-order valence-corrected chi connectivity index (χ4v) is 2.87. The zero-order chi connectivity index (χ0) is 16.5. The molecule has 0 aliphatic carbocycles. The van der Waals surface area contributed by atoms with Gasteiger partial charge < -0.3 is 9.16 Å². The lowest BCUT2D eigenvalue weighted by Crippen LogP contribution is -2.43. The number of methoxy groups -OCH3 is 1. The van der Waals surface area contributed by atoms with Gasteiger partial charge in [-0.2, -0.15) is 0 Å². The normalized spacial score (nSPS) is 12.3. The number of pyridine rings is 1. The Morgan fingerprint density at radius 2 is 1.82 bits per heavy atom. The zero-order valence-corrected chi connectivity index (χ0v) is 15.1. The summed E-state index contributed by atoms with van der Waals surface area (Å²) < 4.78 is 11.1. The van der Waals surface area contributed by atoms with Crippen molar-refractivity contribution < 1.29 is 14.0 Å². The van der Waals surface area contributed by atoms with Gasteiger partial charge in [0.15, 0.2) is 0 Å². The minimum atomic E-state index is -1.97. The number of para-hydroxylation sites is 1. The third-order valence-corrected chi connectivity index (χ3v) is 8.59. The van der Waals surface area contributed by atoms with Crippen LogP contribution in [-0.4, -0.2) is 26.4 Å². The summed E-state index contributed by atoms with van der Waals surface area (Å²) in [5.74, 6) is 0.291. The van der Waals surface area contributed by atoms with Crippen LogP contribution in [0, 0.1) is 0 Å². The quantitative estimate of drug-likeness (QED) is 0.621. The number of rotatable bonds is 3. The van der Waals surface area contributed by atoms with Gasteiger partial charge in [-0.15, -0.1) is 0 Å². The number of nitrogens with zero attached hydrogens (tertiary/aromatic N) is 1. The summed E-state index contributed by atoms with van der Waals surface area (Å²) in [5.41, 5.74) is 0.997. The van der Waals surface area contributed by atoms with Gasteiger partial charge >= 0.3 is 5.97 Å². The lowest BCUT2D eigenvalue weighted by atomic mass is 10.2. The molecule has 0 unspecified atom stereocenters. The van der Waals surface area contributed by atoms with Crippen LogP contribution in [-0.2, 0) is 4.74 Å². The van der Waals surface area contributed by atoms with Crippen LogP contribution in [0.4, 0.5) is 0 Å². The van der Waals surface area contributed by atoms with Crippen molar-refractivity contribution in [2.45, 2.75) is 38.9 Å². The van der Waals surface area contributed by atoms with E-state index in [1.807, 2.05) is 24.3 Å². The number of aromatic nitrogens is 1. The largest absolute Gasteiger partial charge is 0.542 e. The number of carbonyl (C=O) groups excluding carboxylic acids is 1. The summed E-state index contributed by atoms with van der Waals surface area (Å²) in [6, 6.07) is 9.36. The number of carbonyl (C=O) groups is 1. The highest BCUT2D eigenvalue weighted by atomic mass is 28.4. The molecule has 1 aromatic heterocycles. The van der Waals surface area contributed by atoms with Crippen molar-refractivity contribution in [3.8, 4) is 5.75 Å². The molecule has 22 heavy (non-hydrogen) atoms. The van der Waals surface area contributed by atoms with Gasteiger partial charge in [0.2, 0.25) is 0 Å². The van der Waals surface area contributed by atoms with E-state index in [1.165, 1.54) is 7.11 Å². The standard InChI is InChI=1S/C17H23NO3Si/c1-17(2,3)22(5,6)21-14-9-7-8-12-10-11-13(16(19)20-4)18-15(12)14/h7-11H,1-6H3. The molecule has 2 rings (SSSR count). The van der Waals surface area contributed by atoms with Gasteiger partial charge in [-0.3, -0.25) is 0 Å². The van der Waals surface area contributed by atoms with E-state index in [0.717, 1.165) is 11.1 Å². The molecule has 2 aromatic rings. The average Bonchev–Trinajstić information content (AvgIpc) is 2.45. The predicted octanol–water partition coefficient (Wildman–Crippen LogP) is 4.41. The van der Waals surface area contributed by atoms with E-state index in [4.69, 9.17) is 9.16 Å². The Morgan fingerprint density at radius 3 is 2.41 bits per heavy atom.